The Labute approximate surface area is 182 Å². The highest BCUT2D eigenvalue weighted by atomic mass is 16.4. The maximum absolute atomic E-state index is 12.6. The average Bonchev–Trinajstić information content (AvgIpc) is 2.74. The summed E-state index contributed by atoms with van der Waals surface area (Å²) in [6.45, 7) is -1.24. The summed E-state index contributed by atoms with van der Waals surface area (Å²) in [4.78, 5) is 58.6. The van der Waals surface area contributed by atoms with E-state index in [9.17, 15) is 34.2 Å². The number of carbonyl (C=O) groups excluding carboxylic acids is 3. The number of aromatic hydroxyl groups is 1. The predicted molar refractivity (Wildman–Crippen MR) is 108 cm³/mol. The summed E-state index contributed by atoms with van der Waals surface area (Å²) >= 11 is 0. The number of hydrogen-bond donors (Lipinski definition) is 8. The fraction of sp³-hybridized carbons (Fsp3) is 0.421. The van der Waals surface area contributed by atoms with Crippen molar-refractivity contribution < 1.29 is 44.4 Å². The Bertz CT molecular complexity index is 829. The van der Waals surface area contributed by atoms with Crippen molar-refractivity contribution in [2.75, 3.05) is 13.2 Å². The molecule has 0 saturated heterocycles. The van der Waals surface area contributed by atoms with E-state index in [1.807, 2.05) is 0 Å². The number of nitrogens with two attached hydrogens (primary N) is 1. The second-order valence-electron chi connectivity index (χ2n) is 6.83. The van der Waals surface area contributed by atoms with Gasteiger partial charge in [-0.25, -0.2) is 4.79 Å². The molecule has 32 heavy (non-hydrogen) atoms. The van der Waals surface area contributed by atoms with Crippen LogP contribution in [0.2, 0.25) is 0 Å². The minimum absolute atomic E-state index is 0.0202. The van der Waals surface area contributed by atoms with Crippen molar-refractivity contribution in [1.29, 1.82) is 0 Å². The number of carboxylic acid groups (broad SMARTS) is 2. The molecule has 0 aromatic heterocycles. The number of amides is 3. The van der Waals surface area contributed by atoms with Crippen molar-refractivity contribution in [3.05, 3.63) is 29.8 Å². The molecule has 13 heteroatoms. The highest BCUT2D eigenvalue weighted by Crippen LogP contribution is 2.12. The summed E-state index contributed by atoms with van der Waals surface area (Å²) in [5.41, 5.74) is 5.80. The van der Waals surface area contributed by atoms with E-state index >= 15 is 0 Å². The minimum Gasteiger partial charge on any atom is -0.508 e. The number of carboxylic acids is 2. The van der Waals surface area contributed by atoms with Gasteiger partial charge >= 0.3 is 11.9 Å². The molecular formula is C19H26N4O9. The number of phenolic OH excluding ortho intramolecular Hbond substituents is 1. The Balaban J connectivity index is 2.81. The Morgan fingerprint density at radius 3 is 2.09 bits per heavy atom. The van der Waals surface area contributed by atoms with E-state index in [1.54, 1.807) is 0 Å². The molecule has 0 spiro atoms. The van der Waals surface area contributed by atoms with Gasteiger partial charge in [-0.1, -0.05) is 12.1 Å². The average molecular weight is 454 g/mol. The van der Waals surface area contributed by atoms with Crippen LogP contribution in [0.4, 0.5) is 0 Å². The molecule has 1 aromatic rings. The molecule has 0 radical (unpaired) electrons. The number of phenols is 1. The fourth-order valence-corrected chi connectivity index (χ4v) is 2.50. The van der Waals surface area contributed by atoms with Crippen molar-refractivity contribution >= 4 is 29.7 Å². The molecule has 0 bridgehead atoms. The third-order valence-corrected chi connectivity index (χ3v) is 4.25. The maximum Gasteiger partial charge on any atom is 0.326 e. The molecule has 0 aliphatic heterocycles. The van der Waals surface area contributed by atoms with Crippen LogP contribution in [-0.4, -0.2) is 81.4 Å². The first-order valence-corrected chi connectivity index (χ1v) is 9.49. The van der Waals surface area contributed by atoms with Gasteiger partial charge in [0.05, 0.1) is 13.2 Å². The van der Waals surface area contributed by atoms with Crippen molar-refractivity contribution in [2.45, 2.75) is 37.4 Å². The van der Waals surface area contributed by atoms with Crippen LogP contribution in [0.3, 0.4) is 0 Å². The van der Waals surface area contributed by atoms with Crippen LogP contribution < -0.4 is 21.7 Å². The number of aliphatic carboxylic acids is 2. The number of benzene rings is 1. The molecule has 0 fully saturated rings. The lowest BCUT2D eigenvalue weighted by Gasteiger charge is -2.21. The molecule has 3 unspecified atom stereocenters. The number of nitrogens with one attached hydrogen (secondary N) is 3. The second kappa shape index (κ2) is 12.9. The van der Waals surface area contributed by atoms with Gasteiger partial charge in [0, 0.05) is 12.8 Å². The van der Waals surface area contributed by atoms with E-state index in [4.69, 9.17) is 15.9 Å². The number of hydrogen-bond acceptors (Lipinski definition) is 8. The number of rotatable bonds is 13. The van der Waals surface area contributed by atoms with Gasteiger partial charge in [0.2, 0.25) is 17.7 Å². The quantitative estimate of drug-likeness (QED) is 0.154. The summed E-state index contributed by atoms with van der Waals surface area (Å²) < 4.78 is 0. The fourth-order valence-electron chi connectivity index (χ4n) is 2.50. The SMILES string of the molecule is NC(CO)C(=O)NCC(=O)NC(CCC(=O)O)C(=O)NC(Cc1ccc(O)cc1)C(=O)O. The topological polar surface area (TPSA) is 228 Å². The zero-order valence-corrected chi connectivity index (χ0v) is 17.0. The largest absolute Gasteiger partial charge is 0.508 e. The first kappa shape index (κ1) is 26.3. The molecule has 3 amide bonds. The highest BCUT2D eigenvalue weighted by molar-refractivity contribution is 5.92. The first-order chi connectivity index (χ1) is 15.0. The number of carbonyl (C=O) groups is 5. The van der Waals surface area contributed by atoms with E-state index in [0.717, 1.165) is 0 Å². The smallest absolute Gasteiger partial charge is 0.326 e. The van der Waals surface area contributed by atoms with Crippen molar-refractivity contribution in [3.63, 3.8) is 0 Å². The molecule has 0 aliphatic rings. The second-order valence-corrected chi connectivity index (χ2v) is 6.83. The van der Waals surface area contributed by atoms with E-state index in [1.165, 1.54) is 24.3 Å². The minimum atomic E-state index is -1.39. The summed E-state index contributed by atoms with van der Waals surface area (Å²) in [5, 5.41) is 43.0. The van der Waals surface area contributed by atoms with E-state index in [-0.39, 0.29) is 18.6 Å². The zero-order valence-electron chi connectivity index (χ0n) is 17.0. The standard InChI is InChI=1S/C19H26N4O9/c20-12(9-24)17(29)21-8-15(26)22-13(5-6-16(27)28)18(30)23-14(19(31)32)7-10-1-3-11(25)4-2-10/h1-4,12-14,24-25H,5-9,20H2,(H,21,29)(H,22,26)(H,23,30)(H,27,28)(H,31,32). The normalized spacial score (nSPS) is 13.3. The van der Waals surface area contributed by atoms with Crippen LogP contribution in [0.25, 0.3) is 0 Å². The van der Waals surface area contributed by atoms with Gasteiger partial charge in [0.15, 0.2) is 0 Å². The first-order valence-electron chi connectivity index (χ1n) is 9.49. The summed E-state index contributed by atoms with van der Waals surface area (Å²) in [6, 6.07) is 1.63. The Kier molecular flexibility index (Phi) is 10.6. The monoisotopic (exact) mass is 454 g/mol. The summed E-state index contributed by atoms with van der Waals surface area (Å²) in [5.74, 6) is -5.20. The molecule has 1 rings (SSSR count). The van der Waals surface area contributed by atoms with Gasteiger partial charge in [-0.2, -0.15) is 0 Å². The van der Waals surface area contributed by atoms with Crippen molar-refractivity contribution in [2.24, 2.45) is 5.73 Å². The number of aliphatic hydroxyl groups excluding tert-OH is 1. The lowest BCUT2D eigenvalue weighted by atomic mass is 10.0. The maximum atomic E-state index is 12.6. The summed E-state index contributed by atoms with van der Waals surface area (Å²) in [6.07, 6.45) is -0.950. The van der Waals surface area contributed by atoms with Crippen LogP contribution in [0.5, 0.6) is 5.75 Å². The lowest BCUT2D eigenvalue weighted by molar-refractivity contribution is -0.143. The molecule has 0 aliphatic carbocycles. The van der Waals surface area contributed by atoms with Crippen molar-refractivity contribution in [1.82, 2.24) is 16.0 Å². The summed E-state index contributed by atoms with van der Waals surface area (Å²) in [7, 11) is 0. The van der Waals surface area contributed by atoms with E-state index in [2.05, 4.69) is 16.0 Å². The van der Waals surface area contributed by atoms with Gasteiger partial charge in [0.1, 0.15) is 23.9 Å². The van der Waals surface area contributed by atoms with Gasteiger partial charge in [-0.3, -0.25) is 19.2 Å². The van der Waals surface area contributed by atoms with Crippen LogP contribution >= 0.6 is 0 Å². The third kappa shape index (κ3) is 9.40. The van der Waals surface area contributed by atoms with Gasteiger partial charge in [-0.05, 0) is 24.1 Å². The van der Waals surface area contributed by atoms with Crippen LogP contribution in [0.15, 0.2) is 24.3 Å². The molecule has 0 saturated carbocycles. The van der Waals surface area contributed by atoms with Gasteiger partial charge < -0.3 is 42.1 Å². The van der Waals surface area contributed by atoms with E-state index in [0.29, 0.717) is 5.56 Å². The van der Waals surface area contributed by atoms with Crippen LogP contribution in [0, 0.1) is 0 Å². The molecule has 1 aromatic carbocycles. The number of aliphatic hydroxyl groups is 1. The molecular weight excluding hydrogens is 428 g/mol. The highest BCUT2D eigenvalue weighted by Gasteiger charge is 2.27. The Morgan fingerprint density at radius 2 is 1.56 bits per heavy atom. The lowest BCUT2D eigenvalue weighted by Crippen LogP contribution is -2.54. The molecule has 176 valence electrons. The molecule has 3 atom stereocenters. The zero-order chi connectivity index (χ0) is 24.3. The molecule has 9 N–H and O–H groups in total. The Hall–Kier alpha value is -3.71. The predicted octanol–water partition coefficient (Wildman–Crippen LogP) is -2.71. The van der Waals surface area contributed by atoms with Crippen molar-refractivity contribution in [3.8, 4) is 5.75 Å². The van der Waals surface area contributed by atoms with Gasteiger partial charge in [-0.15, -0.1) is 0 Å². The van der Waals surface area contributed by atoms with Crippen LogP contribution in [-0.2, 0) is 30.4 Å². The van der Waals surface area contributed by atoms with Gasteiger partial charge in [0.25, 0.3) is 0 Å². The molecule has 0 heterocycles. The Morgan fingerprint density at radius 1 is 0.938 bits per heavy atom. The van der Waals surface area contributed by atoms with Crippen LogP contribution in [0.1, 0.15) is 18.4 Å². The third-order valence-electron chi connectivity index (χ3n) is 4.25. The van der Waals surface area contributed by atoms with E-state index < -0.39 is 67.4 Å². The molecule has 13 nitrogen and oxygen atoms in total.